The number of aromatic nitrogens is 2. The van der Waals surface area contributed by atoms with Crippen LogP contribution in [0, 0.1) is 6.92 Å². The molecule has 1 aromatic heterocycles. The molecule has 0 aliphatic carbocycles. The smallest absolute Gasteiger partial charge is 0.0815 e. The summed E-state index contributed by atoms with van der Waals surface area (Å²) < 4.78 is 2.82. The zero-order chi connectivity index (χ0) is 11.7. The van der Waals surface area contributed by atoms with Crippen molar-refractivity contribution in [3.63, 3.8) is 0 Å². The van der Waals surface area contributed by atoms with Gasteiger partial charge in [-0.3, -0.25) is 4.68 Å². The summed E-state index contributed by atoms with van der Waals surface area (Å²) in [7, 11) is 0. The highest BCUT2D eigenvalue weighted by atomic mass is 79.9. The predicted molar refractivity (Wildman–Crippen MR) is 69.6 cm³/mol. The van der Waals surface area contributed by atoms with E-state index in [9.17, 15) is 0 Å². The van der Waals surface area contributed by atoms with Crippen LogP contribution in [-0.2, 0) is 6.54 Å². The van der Waals surface area contributed by atoms with E-state index in [0.29, 0.717) is 11.6 Å². The number of hydrogen-bond donors (Lipinski definition) is 1. The van der Waals surface area contributed by atoms with Crippen LogP contribution in [0.4, 0.5) is 5.69 Å². The highest BCUT2D eigenvalue weighted by Gasteiger charge is 2.09. The van der Waals surface area contributed by atoms with Crippen LogP contribution in [0.1, 0.15) is 11.3 Å². The molecule has 2 N–H and O–H groups in total. The van der Waals surface area contributed by atoms with E-state index in [0.717, 1.165) is 21.4 Å². The number of hydrogen-bond acceptors (Lipinski definition) is 2. The first-order valence-corrected chi connectivity index (χ1v) is 5.97. The summed E-state index contributed by atoms with van der Waals surface area (Å²) in [6, 6.07) is 5.75. The molecule has 2 aromatic rings. The quantitative estimate of drug-likeness (QED) is 0.865. The number of benzene rings is 1. The van der Waals surface area contributed by atoms with Crippen LogP contribution in [-0.4, -0.2) is 9.78 Å². The molecule has 84 valence electrons. The molecule has 0 spiro atoms. The fourth-order valence-electron chi connectivity index (χ4n) is 1.48. The third kappa shape index (κ3) is 2.08. The maximum Gasteiger partial charge on any atom is 0.0815 e. The van der Waals surface area contributed by atoms with Gasteiger partial charge >= 0.3 is 0 Å². The third-order valence-electron chi connectivity index (χ3n) is 2.51. The van der Waals surface area contributed by atoms with Crippen molar-refractivity contribution in [1.29, 1.82) is 0 Å². The molecule has 3 nitrogen and oxygen atoms in total. The van der Waals surface area contributed by atoms with E-state index in [2.05, 4.69) is 21.0 Å². The van der Waals surface area contributed by atoms with Crippen LogP contribution in [0.3, 0.4) is 0 Å². The van der Waals surface area contributed by atoms with E-state index in [1.54, 1.807) is 6.20 Å². The summed E-state index contributed by atoms with van der Waals surface area (Å²) in [4.78, 5) is 0. The van der Waals surface area contributed by atoms with Gasteiger partial charge in [0.05, 0.1) is 23.5 Å². The van der Waals surface area contributed by atoms with E-state index in [-0.39, 0.29) is 0 Å². The van der Waals surface area contributed by atoms with Crippen molar-refractivity contribution in [2.24, 2.45) is 0 Å². The normalized spacial score (nSPS) is 10.7. The van der Waals surface area contributed by atoms with Gasteiger partial charge in [-0.2, -0.15) is 5.10 Å². The minimum Gasteiger partial charge on any atom is -0.398 e. The fourth-order valence-corrected chi connectivity index (χ4v) is 2.12. The van der Waals surface area contributed by atoms with Gasteiger partial charge in [-0.1, -0.05) is 33.6 Å². The van der Waals surface area contributed by atoms with Gasteiger partial charge in [-0.25, -0.2) is 0 Å². The van der Waals surface area contributed by atoms with Crippen LogP contribution in [0.25, 0.3) is 0 Å². The SMILES string of the molecule is Cc1c(Cl)cnn1Cc1c(N)cccc1Br. The minimum absolute atomic E-state index is 0.617. The summed E-state index contributed by atoms with van der Waals surface area (Å²) in [6.45, 7) is 2.55. The lowest BCUT2D eigenvalue weighted by Crippen LogP contribution is -2.06. The lowest BCUT2D eigenvalue weighted by Gasteiger charge is -2.09. The molecule has 0 atom stereocenters. The Hall–Kier alpha value is -1.000. The first kappa shape index (κ1) is 11.5. The molecular weight excluding hydrogens is 289 g/mol. The van der Waals surface area contributed by atoms with Crippen LogP contribution < -0.4 is 5.73 Å². The number of nitrogen functional groups attached to an aromatic ring is 1. The molecule has 0 fully saturated rings. The Morgan fingerprint density at radius 2 is 2.25 bits per heavy atom. The summed E-state index contributed by atoms with van der Waals surface area (Å²) >= 11 is 9.43. The lowest BCUT2D eigenvalue weighted by atomic mass is 10.2. The molecule has 0 bridgehead atoms. The highest BCUT2D eigenvalue weighted by molar-refractivity contribution is 9.10. The van der Waals surface area contributed by atoms with Gasteiger partial charge in [0.1, 0.15) is 0 Å². The number of rotatable bonds is 2. The summed E-state index contributed by atoms with van der Waals surface area (Å²) in [5, 5.41) is 4.87. The van der Waals surface area contributed by atoms with Crippen molar-refractivity contribution in [2.45, 2.75) is 13.5 Å². The Balaban J connectivity index is 2.38. The Kier molecular flexibility index (Phi) is 3.21. The Labute approximate surface area is 107 Å². The number of nitrogens with two attached hydrogens (primary N) is 1. The maximum atomic E-state index is 5.95. The van der Waals surface area contributed by atoms with Gasteiger partial charge in [-0.15, -0.1) is 0 Å². The van der Waals surface area contributed by atoms with E-state index in [1.807, 2.05) is 29.8 Å². The van der Waals surface area contributed by atoms with E-state index in [4.69, 9.17) is 17.3 Å². The van der Waals surface area contributed by atoms with Crippen LogP contribution in [0.15, 0.2) is 28.9 Å². The lowest BCUT2D eigenvalue weighted by molar-refractivity contribution is 0.665. The van der Waals surface area contributed by atoms with Gasteiger partial charge in [-0.05, 0) is 19.1 Å². The van der Waals surface area contributed by atoms with Crippen molar-refractivity contribution in [3.8, 4) is 0 Å². The zero-order valence-corrected chi connectivity index (χ0v) is 11.1. The van der Waals surface area contributed by atoms with Gasteiger partial charge in [0, 0.05) is 15.7 Å². The predicted octanol–water partition coefficient (Wildman–Crippen LogP) is 3.24. The molecule has 0 saturated carbocycles. The Morgan fingerprint density at radius 3 is 2.81 bits per heavy atom. The molecule has 1 heterocycles. The average molecular weight is 301 g/mol. The standard InChI is InChI=1S/C11H11BrClN3/c1-7-10(13)5-15-16(7)6-8-9(12)3-2-4-11(8)14/h2-5H,6,14H2,1H3. The largest absolute Gasteiger partial charge is 0.398 e. The van der Waals surface area contributed by atoms with Gasteiger partial charge < -0.3 is 5.73 Å². The molecule has 0 saturated heterocycles. The second kappa shape index (κ2) is 4.47. The molecule has 0 unspecified atom stereocenters. The highest BCUT2D eigenvalue weighted by Crippen LogP contribution is 2.24. The zero-order valence-electron chi connectivity index (χ0n) is 8.74. The van der Waals surface area contributed by atoms with Gasteiger partial charge in [0.2, 0.25) is 0 Å². The molecule has 0 amide bonds. The summed E-state index contributed by atoms with van der Waals surface area (Å²) in [5.41, 5.74) is 8.63. The molecule has 0 aliphatic heterocycles. The molecule has 1 aromatic carbocycles. The van der Waals surface area contributed by atoms with Crippen molar-refractivity contribution in [3.05, 3.63) is 45.1 Å². The van der Waals surface area contributed by atoms with Crippen molar-refractivity contribution < 1.29 is 0 Å². The van der Waals surface area contributed by atoms with E-state index < -0.39 is 0 Å². The first-order valence-electron chi connectivity index (χ1n) is 4.80. The second-order valence-corrected chi connectivity index (χ2v) is 4.80. The monoisotopic (exact) mass is 299 g/mol. The molecular formula is C11H11BrClN3. The Bertz CT molecular complexity index is 502. The van der Waals surface area contributed by atoms with Gasteiger partial charge in [0.25, 0.3) is 0 Å². The van der Waals surface area contributed by atoms with Crippen LogP contribution in [0.2, 0.25) is 5.02 Å². The van der Waals surface area contributed by atoms with Crippen LogP contribution >= 0.6 is 27.5 Å². The van der Waals surface area contributed by atoms with E-state index in [1.165, 1.54) is 0 Å². The number of anilines is 1. The minimum atomic E-state index is 0.617. The average Bonchev–Trinajstić information content (AvgIpc) is 2.55. The van der Waals surface area contributed by atoms with Crippen molar-refractivity contribution in [1.82, 2.24) is 9.78 Å². The topological polar surface area (TPSA) is 43.8 Å². The Morgan fingerprint density at radius 1 is 1.50 bits per heavy atom. The molecule has 5 heteroatoms. The fraction of sp³-hybridized carbons (Fsp3) is 0.182. The summed E-state index contributed by atoms with van der Waals surface area (Å²) in [5.74, 6) is 0. The maximum absolute atomic E-state index is 5.95. The summed E-state index contributed by atoms with van der Waals surface area (Å²) in [6.07, 6.45) is 1.64. The molecule has 2 rings (SSSR count). The van der Waals surface area contributed by atoms with Crippen LogP contribution in [0.5, 0.6) is 0 Å². The number of nitrogens with zero attached hydrogens (tertiary/aromatic N) is 2. The molecule has 0 radical (unpaired) electrons. The van der Waals surface area contributed by atoms with Crippen molar-refractivity contribution in [2.75, 3.05) is 5.73 Å². The van der Waals surface area contributed by atoms with Crippen molar-refractivity contribution >= 4 is 33.2 Å². The third-order valence-corrected chi connectivity index (χ3v) is 3.62. The van der Waals surface area contributed by atoms with E-state index >= 15 is 0 Å². The number of halogens is 2. The second-order valence-electron chi connectivity index (χ2n) is 3.54. The van der Waals surface area contributed by atoms with Gasteiger partial charge in [0.15, 0.2) is 0 Å². The molecule has 16 heavy (non-hydrogen) atoms. The first-order chi connectivity index (χ1) is 7.59. The molecule has 0 aliphatic rings.